The molecule has 0 aliphatic carbocycles. The van der Waals surface area contributed by atoms with E-state index in [4.69, 9.17) is 0 Å². The van der Waals surface area contributed by atoms with Gasteiger partial charge in [-0.25, -0.2) is 4.98 Å². The topological polar surface area (TPSA) is 58.4 Å². The molecule has 0 radical (unpaired) electrons. The first-order valence-electron chi connectivity index (χ1n) is 6.83. The molecule has 1 aliphatic rings. The Bertz CT molecular complexity index is 453. The van der Waals surface area contributed by atoms with Crippen molar-refractivity contribution in [3.05, 3.63) is 18.2 Å². The van der Waals surface area contributed by atoms with Crippen molar-refractivity contribution in [2.45, 2.75) is 33.2 Å². The predicted molar refractivity (Wildman–Crippen MR) is 72.6 cm³/mol. The van der Waals surface area contributed by atoms with Gasteiger partial charge in [-0.1, -0.05) is 0 Å². The molecule has 0 amide bonds. The molecule has 1 N–H and O–H groups in total. The van der Waals surface area contributed by atoms with E-state index in [9.17, 15) is 9.90 Å². The molecule has 0 saturated carbocycles. The largest absolute Gasteiger partial charge is 0.481 e. The third kappa shape index (κ3) is 2.97. The number of rotatable bonds is 4. The van der Waals surface area contributed by atoms with Gasteiger partial charge in [0.05, 0.1) is 12.0 Å². The number of aryl methyl sites for hydroxylation is 1. The van der Waals surface area contributed by atoms with E-state index in [0.717, 1.165) is 38.3 Å². The molecular weight excluding hydrogens is 242 g/mol. The molecule has 0 bridgehead atoms. The number of nitrogens with zero attached hydrogens (tertiary/aromatic N) is 3. The Morgan fingerprint density at radius 2 is 2.32 bits per heavy atom. The van der Waals surface area contributed by atoms with Crippen LogP contribution in [0, 0.1) is 11.3 Å². The summed E-state index contributed by atoms with van der Waals surface area (Å²) in [5.74, 6) is 0.546. The monoisotopic (exact) mass is 265 g/mol. The van der Waals surface area contributed by atoms with E-state index in [1.807, 2.05) is 31.7 Å². The maximum atomic E-state index is 11.4. The summed E-state index contributed by atoms with van der Waals surface area (Å²) in [6, 6.07) is 0. The summed E-state index contributed by atoms with van der Waals surface area (Å²) in [4.78, 5) is 18.0. The Morgan fingerprint density at radius 1 is 1.58 bits per heavy atom. The zero-order valence-electron chi connectivity index (χ0n) is 12.0. The molecule has 2 rings (SSSR count). The molecule has 1 aliphatic heterocycles. The van der Waals surface area contributed by atoms with Gasteiger partial charge in [-0.05, 0) is 39.2 Å². The molecule has 1 fully saturated rings. The van der Waals surface area contributed by atoms with Gasteiger partial charge in [0.25, 0.3) is 0 Å². The molecule has 106 valence electrons. The second-order valence-electron chi connectivity index (χ2n) is 6.06. The summed E-state index contributed by atoms with van der Waals surface area (Å²) in [6.07, 6.45) is 5.80. The number of likely N-dealkylation sites (tertiary alicyclic amines) is 1. The lowest BCUT2D eigenvalue weighted by molar-refractivity contribution is -0.151. The molecule has 5 heteroatoms. The highest BCUT2D eigenvalue weighted by atomic mass is 16.4. The average Bonchev–Trinajstić information content (AvgIpc) is 2.75. The molecule has 1 saturated heterocycles. The molecule has 0 aromatic carbocycles. The SMILES string of the molecule is Cn1ccnc1CN1CCCC(C(C)(C)C(=O)O)C1. The first-order chi connectivity index (χ1) is 8.91. The predicted octanol–water partition coefficient (Wildman–Crippen LogP) is 1.74. The van der Waals surface area contributed by atoms with Crippen LogP contribution < -0.4 is 0 Å². The number of carbonyl (C=O) groups is 1. The van der Waals surface area contributed by atoms with Crippen LogP contribution in [0.1, 0.15) is 32.5 Å². The lowest BCUT2D eigenvalue weighted by atomic mass is 9.74. The molecule has 19 heavy (non-hydrogen) atoms. The van der Waals surface area contributed by atoms with Crippen molar-refractivity contribution < 1.29 is 9.90 Å². The zero-order valence-corrected chi connectivity index (χ0v) is 12.0. The molecule has 1 unspecified atom stereocenters. The van der Waals surface area contributed by atoms with Gasteiger partial charge in [0.2, 0.25) is 0 Å². The Labute approximate surface area is 114 Å². The lowest BCUT2D eigenvalue weighted by Gasteiger charge is -2.39. The third-order valence-corrected chi connectivity index (χ3v) is 4.36. The van der Waals surface area contributed by atoms with Gasteiger partial charge in [0.15, 0.2) is 0 Å². The van der Waals surface area contributed by atoms with Crippen LogP contribution >= 0.6 is 0 Å². The van der Waals surface area contributed by atoms with Gasteiger partial charge in [-0.3, -0.25) is 9.69 Å². The second-order valence-corrected chi connectivity index (χ2v) is 6.06. The Hall–Kier alpha value is -1.36. The average molecular weight is 265 g/mol. The summed E-state index contributed by atoms with van der Waals surface area (Å²) in [7, 11) is 1.99. The summed E-state index contributed by atoms with van der Waals surface area (Å²) < 4.78 is 2.02. The molecule has 1 aromatic heterocycles. The van der Waals surface area contributed by atoms with E-state index in [2.05, 4.69) is 9.88 Å². The van der Waals surface area contributed by atoms with Crippen molar-refractivity contribution >= 4 is 5.97 Å². The van der Waals surface area contributed by atoms with Crippen molar-refractivity contribution in [2.75, 3.05) is 13.1 Å². The normalized spacial score (nSPS) is 21.5. The van der Waals surface area contributed by atoms with Gasteiger partial charge >= 0.3 is 5.97 Å². The number of hydrogen-bond acceptors (Lipinski definition) is 3. The van der Waals surface area contributed by atoms with Crippen molar-refractivity contribution in [1.82, 2.24) is 14.5 Å². The minimum Gasteiger partial charge on any atom is -0.481 e. The fourth-order valence-electron chi connectivity index (χ4n) is 2.71. The van der Waals surface area contributed by atoms with Crippen LogP contribution in [0.2, 0.25) is 0 Å². The van der Waals surface area contributed by atoms with Crippen LogP contribution in [0.4, 0.5) is 0 Å². The number of carboxylic acid groups (broad SMARTS) is 1. The van der Waals surface area contributed by atoms with Gasteiger partial charge in [-0.15, -0.1) is 0 Å². The van der Waals surface area contributed by atoms with Gasteiger partial charge in [0.1, 0.15) is 5.82 Å². The fraction of sp³-hybridized carbons (Fsp3) is 0.714. The molecule has 2 heterocycles. The minimum absolute atomic E-state index is 0.207. The van der Waals surface area contributed by atoms with Crippen molar-refractivity contribution in [3.8, 4) is 0 Å². The smallest absolute Gasteiger partial charge is 0.309 e. The summed E-state index contributed by atoms with van der Waals surface area (Å²) in [5, 5.41) is 9.35. The molecule has 1 aromatic rings. The van der Waals surface area contributed by atoms with Crippen LogP contribution in [0.15, 0.2) is 12.4 Å². The van der Waals surface area contributed by atoms with E-state index >= 15 is 0 Å². The van der Waals surface area contributed by atoms with Crippen molar-refractivity contribution in [1.29, 1.82) is 0 Å². The highest BCUT2D eigenvalue weighted by Gasteiger charge is 2.39. The van der Waals surface area contributed by atoms with E-state index < -0.39 is 11.4 Å². The fourth-order valence-corrected chi connectivity index (χ4v) is 2.71. The standard InChI is InChI=1S/C14H23N3O2/c1-14(2,13(18)19)11-5-4-7-17(9-11)10-12-15-6-8-16(12)3/h6,8,11H,4-5,7,9-10H2,1-3H3,(H,18,19). The summed E-state index contributed by atoms with van der Waals surface area (Å²) in [6.45, 7) is 6.34. The summed E-state index contributed by atoms with van der Waals surface area (Å²) in [5.41, 5.74) is -0.652. The highest BCUT2D eigenvalue weighted by Crippen LogP contribution is 2.34. The Balaban J connectivity index is 2.02. The van der Waals surface area contributed by atoms with E-state index in [-0.39, 0.29) is 5.92 Å². The number of carboxylic acids is 1. The number of aromatic nitrogens is 2. The third-order valence-electron chi connectivity index (χ3n) is 4.36. The molecule has 1 atom stereocenters. The summed E-state index contributed by atoms with van der Waals surface area (Å²) >= 11 is 0. The lowest BCUT2D eigenvalue weighted by Crippen LogP contribution is -2.44. The van der Waals surface area contributed by atoms with Crippen LogP contribution in [-0.2, 0) is 18.4 Å². The van der Waals surface area contributed by atoms with E-state index in [1.54, 1.807) is 6.20 Å². The second kappa shape index (κ2) is 5.33. The highest BCUT2D eigenvalue weighted by molar-refractivity contribution is 5.74. The van der Waals surface area contributed by atoms with Crippen LogP contribution in [-0.4, -0.2) is 38.6 Å². The van der Waals surface area contributed by atoms with Crippen LogP contribution in [0.5, 0.6) is 0 Å². The van der Waals surface area contributed by atoms with E-state index in [1.165, 1.54) is 0 Å². The van der Waals surface area contributed by atoms with Crippen LogP contribution in [0.25, 0.3) is 0 Å². The number of imidazole rings is 1. The minimum atomic E-state index is -0.698. The maximum absolute atomic E-state index is 11.4. The quantitative estimate of drug-likeness (QED) is 0.901. The van der Waals surface area contributed by atoms with Crippen molar-refractivity contribution in [2.24, 2.45) is 18.4 Å². The molecular formula is C14H23N3O2. The zero-order chi connectivity index (χ0) is 14.0. The van der Waals surface area contributed by atoms with Crippen LogP contribution in [0.3, 0.4) is 0 Å². The maximum Gasteiger partial charge on any atom is 0.309 e. The number of piperidine rings is 1. The number of aliphatic carboxylic acids is 1. The Kier molecular flexibility index (Phi) is 3.94. The van der Waals surface area contributed by atoms with E-state index in [0.29, 0.717) is 0 Å². The molecule has 0 spiro atoms. The first-order valence-corrected chi connectivity index (χ1v) is 6.83. The van der Waals surface area contributed by atoms with Gasteiger partial charge in [0, 0.05) is 26.0 Å². The van der Waals surface area contributed by atoms with Crippen molar-refractivity contribution in [3.63, 3.8) is 0 Å². The molecule has 5 nitrogen and oxygen atoms in total. The van der Waals surface area contributed by atoms with Gasteiger partial charge in [-0.2, -0.15) is 0 Å². The first kappa shape index (κ1) is 14.1. The number of hydrogen-bond donors (Lipinski definition) is 1. The van der Waals surface area contributed by atoms with Gasteiger partial charge < -0.3 is 9.67 Å². The Morgan fingerprint density at radius 3 is 2.89 bits per heavy atom.